The van der Waals surface area contributed by atoms with E-state index in [9.17, 15) is 10.1 Å². The zero-order chi connectivity index (χ0) is 22.5. The lowest BCUT2D eigenvalue weighted by atomic mass is 10.2. The van der Waals surface area contributed by atoms with E-state index < -0.39 is 4.92 Å². The molecule has 9 nitrogen and oxygen atoms in total. The normalized spacial score (nSPS) is 10.8. The molecule has 0 saturated carbocycles. The van der Waals surface area contributed by atoms with Gasteiger partial charge in [0.2, 0.25) is 0 Å². The van der Waals surface area contributed by atoms with Crippen molar-refractivity contribution in [1.82, 2.24) is 10.6 Å². The number of rotatable bonds is 12. The van der Waals surface area contributed by atoms with E-state index in [0.29, 0.717) is 50.3 Å². The molecule has 0 aliphatic carbocycles. The lowest BCUT2D eigenvalue weighted by Gasteiger charge is -2.13. The maximum atomic E-state index is 10.8. The molecule has 2 rings (SSSR count). The molecule has 0 bridgehead atoms. The number of aliphatic imine (C=N–C) groups is 1. The third kappa shape index (κ3) is 9.27. The molecule has 0 radical (unpaired) electrons. The van der Waals surface area contributed by atoms with Crippen molar-refractivity contribution in [3.8, 4) is 11.5 Å². The van der Waals surface area contributed by atoms with E-state index in [1.165, 1.54) is 12.1 Å². The van der Waals surface area contributed by atoms with Crippen LogP contribution in [-0.4, -0.2) is 44.9 Å². The number of hydrogen-bond acceptors (Lipinski definition) is 6. The highest BCUT2D eigenvalue weighted by Crippen LogP contribution is 2.27. The fraction of sp³-hybridized carbons (Fsp3) is 0.409. The van der Waals surface area contributed by atoms with Crippen LogP contribution in [-0.2, 0) is 17.8 Å². The fourth-order valence-electron chi connectivity index (χ4n) is 2.77. The Morgan fingerprint density at radius 1 is 1.03 bits per heavy atom. The molecule has 0 aliphatic rings. The van der Waals surface area contributed by atoms with E-state index in [-0.39, 0.29) is 29.7 Å². The number of nitro groups is 1. The molecular formula is C22H31IN4O5. The van der Waals surface area contributed by atoms with E-state index in [0.717, 1.165) is 17.5 Å². The van der Waals surface area contributed by atoms with Gasteiger partial charge in [-0.05, 0) is 36.6 Å². The first kappa shape index (κ1) is 27.4. The Labute approximate surface area is 205 Å². The van der Waals surface area contributed by atoms with Gasteiger partial charge in [0.05, 0.1) is 25.7 Å². The summed E-state index contributed by atoms with van der Waals surface area (Å²) >= 11 is 0. The van der Waals surface area contributed by atoms with Crippen LogP contribution in [0.25, 0.3) is 0 Å². The van der Waals surface area contributed by atoms with Crippen molar-refractivity contribution < 1.29 is 19.1 Å². The van der Waals surface area contributed by atoms with E-state index in [1.54, 1.807) is 26.4 Å². The van der Waals surface area contributed by atoms with Gasteiger partial charge < -0.3 is 24.8 Å². The van der Waals surface area contributed by atoms with Gasteiger partial charge in [-0.3, -0.25) is 10.1 Å². The van der Waals surface area contributed by atoms with Crippen molar-refractivity contribution in [3.05, 3.63) is 63.7 Å². The largest absolute Gasteiger partial charge is 0.493 e. The van der Waals surface area contributed by atoms with Gasteiger partial charge in [-0.25, -0.2) is 4.99 Å². The highest BCUT2D eigenvalue weighted by Gasteiger charge is 2.07. The van der Waals surface area contributed by atoms with Gasteiger partial charge in [-0.2, -0.15) is 0 Å². The summed E-state index contributed by atoms with van der Waals surface area (Å²) in [6.07, 6.45) is 0.850. The summed E-state index contributed by atoms with van der Waals surface area (Å²) in [7, 11) is 3.20. The molecule has 0 spiro atoms. The Balaban J connectivity index is 0.00000512. The van der Waals surface area contributed by atoms with Crippen LogP contribution in [0.1, 0.15) is 24.5 Å². The molecule has 0 aromatic heterocycles. The molecule has 0 fully saturated rings. The quantitative estimate of drug-likeness (QED) is 0.102. The third-order valence-electron chi connectivity index (χ3n) is 4.44. The van der Waals surface area contributed by atoms with Crippen molar-refractivity contribution in [3.63, 3.8) is 0 Å². The molecule has 2 aromatic carbocycles. The Bertz CT molecular complexity index is 862. The Morgan fingerprint density at radius 2 is 1.72 bits per heavy atom. The molecule has 2 N–H and O–H groups in total. The van der Waals surface area contributed by atoms with E-state index in [2.05, 4.69) is 15.6 Å². The molecule has 176 valence electrons. The minimum atomic E-state index is -0.410. The molecular weight excluding hydrogens is 527 g/mol. The summed E-state index contributed by atoms with van der Waals surface area (Å²) in [5.41, 5.74) is 1.96. The summed E-state index contributed by atoms with van der Waals surface area (Å²) in [6.45, 7) is 4.98. The van der Waals surface area contributed by atoms with Crippen LogP contribution in [0, 0.1) is 10.1 Å². The number of halogens is 1. The predicted molar refractivity (Wildman–Crippen MR) is 135 cm³/mol. The molecule has 0 aliphatic heterocycles. The van der Waals surface area contributed by atoms with Crippen LogP contribution < -0.4 is 20.1 Å². The summed E-state index contributed by atoms with van der Waals surface area (Å²) in [4.78, 5) is 15.1. The average molecular weight is 558 g/mol. The second-order valence-electron chi connectivity index (χ2n) is 6.61. The van der Waals surface area contributed by atoms with E-state index in [4.69, 9.17) is 14.2 Å². The average Bonchev–Trinajstić information content (AvgIpc) is 2.80. The molecule has 2 aromatic rings. The second kappa shape index (κ2) is 15.2. The van der Waals surface area contributed by atoms with Gasteiger partial charge in [0.15, 0.2) is 17.5 Å². The van der Waals surface area contributed by atoms with Gasteiger partial charge in [0, 0.05) is 38.4 Å². The van der Waals surface area contributed by atoms with Gasteiger partial charge in [0.1, 0.15) is 0 Å². The van der Waals surface area contributed by atoms with Crippen molar-refractivity contribution >= 4 is 35.6 Å². The van der Waals surface area contributed by atoms with Crippen LogP contribution >= 0.6 is 24.0 Å². The highest BCUT2D eigenvalue weighted by molar-refractivity contribution is 14.0. The maximum absolute atomic E-state index is 10.8. The van der Waals surface area contributed by atoms with Gasteiger partial charge in [0.25, 0.3) is 5.69 Å². The van der Waals surface area contributed by atoms with Crippen LogP contribution in [0.5, 0.6) is 11.5 Å². The van der Waals surface area contributed by atoms with E-state index >= 15 is 0 Å². The molecule has 0 heterocycles. The monoisotopic (exact) mass is 558 g/mol. The third-order valence-corrected chi connectivity index (χ3v) is 4.44. The maximum Gasteiger partial charge on any atom is 0.269 e. The molecule has 0 atom stereocenters. The fourth-order valence-corrected chi connectivity index (χ4v) is 2.77. The van der Waals surface area contributed by atoms with Crippen LogP contribution in [0.15, 0.2) is 47.5 Å². The van der Waals surface area contributed by atoms with Gasteiger partial charge in [-0.15, -0.1) is 24.0 Å². The van der Waals surface area contributed by atoms with Crippen molar-refractivity contribution in [1.29, 1.82) is 0 Å². The van der Waals surface area contributed by atoms with Crippen molar-refractivity contribution in [2.75, 3.05) is 34.0 Å². The SMILES string of the molecule is CCOCCCNC(=NCc1ccc(OC)c(OC)c1)NCc1ccc([N+](=O)[O-])cc1.I. The number of methoxy groups -OCH3 is 2. The minimum Gasteiger partial charge on any atom is -0.493 e. The first-order valence-electron chi connectivity index (χ1n) is 10.1. The molecule has 0 unspecified atom stereocenters. The standard InChI is InChI=1S/C22H30N4O5.HI/c1-4-31-13-5-12-23-22(24-15-17-6-9-19(10-7-17)26(27)28)25-16-18-8-11-20(29-2)21(14-18)30-3;/h6-11,14H,4-5,12-13,15-16H2,1-3H3,(H2,23,24,25);1H. The summed E-state index contributed by atoms with van der Waals surface area (Å²) in [6, 6.07) is 12.1. The summed E-state index contributed by atoms with van der Waals surface area (Å²) < 4.78 is 16.0. The lowest BCUT2D eigenvalue weighted by molar-refractivity contribution is -0.384. The van der Waals surface area contributed by atoms with Crippen molar-refractivity contribution in [2.45, 2.75) is 26.4 Å². The van der Waals surface area contributed by atoms with Crippen LogP contribution in [0.4, 0.5) is 5.69 Å². The van der Waals surface area contributed by atoms with Gasteiger partial charge >= 0.3 is 0 Å². The molecule has 10 heteroatoms. The zero-order valence-corrected chi connectivity index (χ0v) is 21.0. The first-order chi connectivity index (χ1) is 15.1. The summed E-state index contributed by atoms with van der Waals surface area (Å²) in [5, 5.41) is 17.4. The molecule has 0 saturated heterocycles. The smallest absolute Gasteiger partial charge is 0.269 e. The lowest BCUT2D eigenvalue weighted by Crippen LogP contribution is -2.37. The number of guanidine groups is 1. The predicted octanol–water partition coefficient (Wildman–Crippen LogP) is 3.89. The van der Waals surface area contributed by atoms with Crippen LogP contribution in [0.3, 0.4) is 0 Å². The number of nitrogens with zero attached hydrogens (tertiary/aromatic N) is 2. The van der Waals surface area contributed by atoms with Crippen LogP contribution in [0.2, 0.25) is 0 Å². The number of hydrogen-bond donors (Lipinski definition) is 2. The first-order valence-corrected chi connectivity index (χ1v) is 10.1. The molecule has 32 heavy (non-hydrogen) atoms. The number of non-ortho nitro benzene ring substituents is 1. The number of ether oxygens (including phenoxy) is 3. The minimum absolute atomic E-state index is 0. The Hall–Kier alpha value is -2.60. The number of nitrogens with one attached hydrogen (secondary N) is 2. The van der Waals surface area contributed by atoms with E-state index in [1.807, 2.05) is 25.1 Å². The second-order valence-corrected chi connectivity index (χ2v) is 6.61. The Kier molecular flexibility index (Phi) is 13.1. The highest BCUT2D eigenvalue weighted by atomic mass is 127. The zero-order valence-electron chi connectivity index (χ0n) is 18.6. The molecule has 0 amide bonds. The van der Waals surface area contributed by atoms with Gasteiger partial charge in [-0.1, -0.05) is 18.2 Å². The topological polar surface area (TPSA) is 107 Å². The Morgan fingerprint density at radius 3 is 2.34 bits per heavy atom. The summed E-state index contributed by atoms with van der Waals surface area (Å²) in [5.74, 6) is 1.96. The number of benzene rings is 2. The number of nitro benzene ring substituents is 1. The van der Waals surface area contributed by atoms with Crippen molar-refractivity contribution in [2.24, 2.45) is 4.99 Å².